The smallest absolute Gasteiger partial charge is 0.335 e. The van der Waals surface area contributed by atoms with Crippen LogP contribution in [0.25, 0.3) is 0 Å². The summed E-state index contributed by atoms with van der Waals surface area (Å²) in [5, 5.41) is 11.6. The fourth-order valence-electron chi connectivity index (χ4n) is 1.49. The third-order valence-electron chi connectivity index (χ3n) is 2.43. The molecule has 0 fully saturated rings. The lowest BCUT2D eigenvalue weighted by Gasteiger charge is -2.08. The molecule has 0 radical (unpaired) electrons. The van der Waals surface area contributed by atoms with Crippen molar-refractivity contribution in [1.82, 2.24) is 5.32 Å². The van der Waals surface area contributed by atoms with E-state index < -0.39 is 5.97 Å². The Morgan fingerprint density at radius 2 is 2.00 bits per heavy atom. The van der Waals surface area contributed by atoms with Crippen LogP contribution >= 0.6 is 0 Å². The molecular weight excluding hydrogens is 246 g/mol. The fraction of sp³-hybridized carbons (Fsp3) is 0.429. The normalized spacial score (nSPS) is 10.5. The Hall–Kier alpha value is -1.88. The first kappa shape index (κ1) is 15.2. The Kier molecular flexibility index (Phi) is 6.02. The van der Waals surface area contributed by atoms with Crippen LogP contribution in [0.15, 0.2) is 24.3 Å². The van der Waals surface area contributed by atoms with E-state index in [9.17, 15) is 9.59 Å². The van der Waals surface area contributed by atoms with Crippen LogP contribution < -0.4 is 5.32 Å². The van der Waals surface area contributed by atoms with Gasteiger partial charge in [-0.05, 0) is 38.5 Å². The van der Waals surface area contributed by atoms with Crippen molar-refractivity contribution in [3.63, 3.8) is 0 Å². The summed E-state index contributed by atoms with van der Waals surface area (Å²) in [6.07, 6.45) is 0.908. The Morgan fingerprint density at radius 1 is 1.32 bits per heavy atom. The summed E-state index contributed by atoms with van der Waals surface area (Å²) < 4.78 is 5.35. The lowest BCUT2D eigenvalue weighted by molar-refractivity contribution is 0.0696. The standard InChI is InChI=1S/C14H19NO4/c1-10(2)19-8-4-7-15-13(16)11-5-3-6-12(9-11)14(17)18/h3,5-6,9-10H,4,7-8H2,1-2H3,(H,15,16)(H,17,18). The summed E-state index contributed by atoms with van der Waals surface area (Å²) in [5.41, 5.74) is 0.459. The monoisotopic (exact) mass is 265 g/mol. The Labute approximate surface area is 112 Å². The van der Waals surface area contributed by atoms with Gasteiger partial charge in [0, 0.05) is 18.7 Å². The van der Waals surface area contributed by atoms with Gasteiger partial charge in [0.05, 0.1) is 11.7 Å². The maximum atomic E-state index is 11.8. The van der Waals surface area contributed by atoms with Gasteiger partial charge in [0.15, 0.2) is 0 Å². The molecule has 19 heavy (non-hydrogen) atoms. The molecule has 1 aromatic rings. The molecule has 0 aliphatic carbocycles. The van der Waals surface area contributed by atoms with Crippen molar-refractivity contribution in [3.05, 3.63) is 35.4 Å². The number of carboxylic acid groups (broad SMARTS) is 1. The van der Waals surface area contributed by atoms with Gasteiger partial charge in [0.1, 0.15) is 0 Å². The quantitative estimate of drug-likeness (QED) is 0.739. The zero-order valence-corrected chi connectivity index (χ0v) is 11.2. The van der Waals surface area contributed by atoms with Crippen LogP contribution in [-0.4, -0.2) is 36.2 Å². The van der Waals surface area contributed by atoms with E-state index in [4.69, 9.17) is 9.84 Å². The molecule has 0 spiro atoms. The number of benzene rings is 1. The Morgan fingerprint density at radius 3 is 2.63 bits per heavy atom. The second-order valence-electron chi connectivity index (χ2n) is 4.41. The summed E-state index contributed by atoms with van der Waals surface area (Å²) in [6, 6.07) is 5.96. The molecule has 0 unspecified atom stereocenters. The number of carbonyl (C=O) groups is 2. The van der Waals surface area contributed by atoms with E-state index in [1.165, 1.54) is 12.1 Å². The Balaban J connectivity index is 2.41. The molecule has 5 heteroatoms. The maximum absolute atomic E-state index is 11.8. The molecule has 0 bridgehead atoms. The molecule has 1 aromatic carbocycles. The molecule has 5 nitrogen and oxygen atoms in total. The minimum atomic E-state index is -1.04. The SMILES string of the molecule is CC(C)OCCCNC(=O)c1cccc(C(=O)O)c1. The highest BCUT2D eigenvalue weighted by Crippen LogP contribution is 2.05. The average Bonchev–Trinajstić information content (AvgIpc) is 2.37. The van der Waals surface area contributed by atoms with Gasteiger partial charge >= 0.3 is 5.97 Å². The molecule has 0 heterocycles. The third kappa shape index (κ3) is 5.52. The van der Waals surface area contributed by atoms with E-state index in [1.54, 1.807) is 12.1 Å². The van der Waals surface area contributed by atoms with E-state index in [2.05, 4.69) is 5.32 Å². The van der Waals surface area contributed by atoms with E-state index >= 15 is 0 Å². The molecule has 104 valence electrons. The third-order valence-corrected chi connectivity index (χ3v) is 2.43. The molecule has 1 amide bonds. The van der Waals surface area contributed by atoms with Crippen LogP contribution in [0, 0.1) is 0 Å². The first-order valence-electron chi connectivity index (χ1n) is 6.24. The van der Waals surface area contributed by atoms with E-state index in [0.717, 1.165) is 6.42 Å². The number of hydrogen-bond donors (Lipinski definition) is 2. The molecular formula is C14H19NO4. The predicted octanol–water partition coefficient (Wildman–Crippen LogP) is 1.93. The van der Waals surface area contributed by atoms with Gasteiger partial charge in [-0.1, -0.05) is 6.07 Å². The summed E-state index contributed by atoms with van der Waals surface area (Å²) in [4.78, 5) is 22.6. The van der Waals surface area contributed by atoms with Gasteiger partial charge in [0.2, 0.25) is 0 Å². The number of amides is 1. The van der Waals surface area contributed by atoms with Gasteiger partial charge in [-0.25, -0.2) is 4.79 Å². The summed E-state index contributed by atoms with van der Waals surface area (Å²) >= 11 is 0. The second-order valence-corrected chi connectivity index (χ2v) is 4.41. The van der Waals surface area contributed by atoms with Crippen LogP contribution in [0.2, 0.25) is 0 Å². The minimum Gasteiger partial charge on any atom is -0.478 e. The molecule has 0 saturated carbocycles. The van der Waals surface area contributed by atoms with Crippen molar-refractivity contribution in [2.45, 2.75) is 26.4 Å². The lowest BCUT2D eigenvalue weighted by Crippen LogP contribution is -2.25. The molecule has 0 aromatic heterocycles. The zero-order valence-electron chi connectivity index (χ0n) is 11.2. The number of ether oxygens (including phenoxy) is 1. The average molecular weight is 265 g/mol. The van der Waals surface area contributed by atoms with Crippen molar-refractivity contribution in [3.8, 4) is 0 Å². The maximum Gasteiger partial charge on any atom is 0.335 e. The van der Waals surface area contributed by atoms with Gasteiger partial charge in [-0.3, -0.25) is 4.79 Å². The summed E-state index contributed by atoms with van der Waals surface area (Å²) in [7, 11) is 0. The van der Waals surface area contributed by atoms with Crippen LogP contribution in [-0.2, 0) is 4.74 Å². The minimum absolute atomic E-state index is 0.107. The second kappa shape index (κ2) is 7.53. The number of aromatic carboxylic acids is 1. The molecule has 2 N–H and O–H groups in total. The summed E-state index contributed by atoms with van der Waals surface area (Å²) in [6.45, 7) is 5.00. The fourth-order valence-corrected chi connectivity index (χ4v) is 1.49. The molecule has 0 saturated heterocycles. The van der Waals surface area contributed by atoms with Crippen LogP contribution in [0.3, 0.4) is 0 Å². The largest absolute Gasteiger partial charge is 0.478 e. The van der Waals surface area contributed by atoms with Crippen LogP contribution in [0.5, 0.6) is 0 Å². The molecule has 0 aliphatic rings. The van der Waals surface area contributed by atoms with Crippen molar-refractivity contribution in [1.29, 1.82) is 0 Å². The van der Waals surface area contributed by atoms with E-state index in [-0.39, 0.29) is 17.6 Å². The molecule has 0 atom stereocenters. The number of carboxylic acids is 1. The Bertz CT molecular complexity index is 443. The first-order chi connectivity index (χ1) is 9.00. The van der Waals surface area contributed by atoms with Crippen LogP contribution in [0.4, 0.5) is 0 Å². The van der Waals surface area contributed by atoms with Crippen molar-refractivity contribution >= 4 is 11.9 Å². The molecule has 0 aliphatic heterocycles. The van der Waals surface area contributed by atoms with Gasteiger partial charge in [-0.2, -0.15) is 0 Å². The van der Waals surface area contributed by atoms with E-state index in [1.807, 2.05) is 13.8 Å². The highest BCUT2D eigenvalue weighted by Gasteiger charge is 2.08. The van der Waals surface area contributed by atoms with Gasteiger partial charge in [0.25, 0.3) is 5.91 Å². The van der Waals surface area contributed by atoms with Crippen LogP contribution in [0.1, 0.15) is 41.0 Å². The lowest BCUT2D eigenvalue weighted by atomic mass is 10.1. The van der Waals surface area contributed by atoms with Gasteiger partial charge < -0.3 is 15.2 Å². The predicted molar refractivity (Wildman–Crippen MR) is 71.4 cm³/mol. The number of nitrogens with one attached hydrogen (secondary N) is 1. The van der Waals surface area contributed by atoms with Crippen molar-refractivity contribution < 1.29 is 19.4 Å². The van der Waals surface area contributed by atoms with Crippen molar-refractivity contribution in [2.75, 3.05) is 13.2 Å². The number of hydrogen-bond acceptors (Lipinski definition) is 3. The van der Waals surface area contributed by atoms with Gasteiger partial charge in [-0.15, -0.1) is 0 Å². The zero-order chi connectivity index (χ0) is 14.3. The highest BCUT2D eigenvalue weighted by molar-refractivity contribution is 5.97. The highest BCUT2D eigenvalue weighted by atomic mass is 16.5. The van der Waals surface area contributed by atoms with E-state index in [0.29, 0.717) is 18.7 Å². The molecule has 1 rings (SSSR count). The first-order valence-corrected chi connectivity index (χ1v) is 6.24. The topological polar surface area (TPSA) is 75.6 Å². The number of rotatable bonds is 7. The number of carbonyl (C=O) groups excluding carboxylic acids is 1. The van der Waals surface area contributed by atoms with Crippen molar-refractivity contribution in [2.24, 2.45) is 0 Å². The summed E-state index contributed by atoms with van der Waals surface area (Å²) in [5.74, 6) is -1.31.